The van der Waals surface area contributed by atoms with Crippen molar-refractivity contribution in [3.8, 4) is 44.5 Å². The van der Waals surface area contributed by atoms with Crippen molar-refractivity contribution in [1.82, 2.24) is 0 Å². The zero-order chi connectivity index (χ0) is 43.3. The predicted octanol–water partition coefficient (Wildman–Crippen LogP) is 16.8. The summed E-state index contributed by atoms with van der Waals surface area (Å²) in [5, 5.41) is 0. The van der Waals surface area contributed by atoms with Crippen LogP contribution >= 0.6 is 0 Å². The Morgan fingerprint density at radius 3 is 1.40 bits per heavy atom. The normalized spacial score (nSPS) is 16.3. The van der Waals surface area contributed by atoms with E-state index in [0.29, 0.717) is 0 Å². The molecule has 0 aliphatic heterocycles. The van der Waals surface area contributed by atoms with Crippen LogP contribution in [0.1, 0.15) is 45.9 Å². The predicted molar refractivity (Wildman–Crippen MR) is 275 cm³/mol. The van der Waals surface area contributed by atoms with Gasteiger partial charge in [-0.1, -0.05) is 194 Å². The first kappa shape index (κ1) is 38.7. The average Bonchev–Trinajstić information content (AvgIpc) is 3.93. The maximum atomic E-state index is 2.52. The van der Waals surface area contributed by atoms with Crippen molar-refractivity contribution >= 4 is 34.3 Å². The van der Waals surface area contributed by atoms with Crippen molar-refractivity contribution in [3.05, 3.63) is 275 Å². The Balaban J connectivity index is 0.916. The molecule has 0 bridgehead atoms. The first-order valence-corrected chi connectivity index (χ1v) is 22.9. The zero-order valence-corrected chi connectivity index (χ0v) is 36.5. The second kappa shape index (κ2) is 16.3. The lowest BCUT2D eigenvalue weighted by Crippen LogP contribution is -2.10. The monoisotopic (exact) mass is 829 g/mol. The van der Waals surface area contributed by atoms with Crippen LogP contribution in [0.5, 0.6) is 0 Å². The first-order chi connectivity index (χ1) is 32.1. The van der Waals surface area contributed by atoms with Gasteiger partial charge in [0, 0.05) is 17.1 Å². The van der Waals surface area contributed by atoms with E-state index in [4.69, 9.17) is 0 Å². The lowest BCUT2D eigenvalue weighted by atomic mass is 9.93. The van der Waals surface area contributed by atoms with Gasteiger partial charge in [-0.15, -0.1) is 0 Å². The van der Waals surface area contributed by atoms with Crippen molar-refractivity contribution in [3.63, 3.8) is 0 Å². The van der Waals surface area contributed by atoms with Gasteiger partial charge in [-0.05, 0) is 169 Å². The number of hydrogen-bond acceptors (Lipinski definition) is 1. The SMILES string of the molecule is C\C1=C(c2ccc(N(c3ccc(-c4ccccc4)cc3)c3ccc(-c4ccc(-c5ccccc5)cc4)cc3)cc2)/C=C2/Cc3ccc4c(c3/C2=C\c2ccccc2C1)Cc1ccccc1-4. The Bertz CT molecular complexity index is 3330. The fourth-order valence-electron chi connectivity index (χ4n) is 10.5. The van der Waals surface area contributed by atoms with E-state index >= 15 is 0 Å². The molecular weight excluding hydrogens is 783 g/mol. The van der Waals surface area contributed by atoms with Gasteiger partial charge in [0.05, 0.1) is 0 Å². The van der Waals surface area contributed by atoms with Crippen molar-refractivity contribution in [2.75, 3.05) is 4.90 Å². The smallest absolute Gasteiger partial charge is 0.0462 e. The Hall–Kier alpha value is -8.00. The number of nitrogens with zero attached hydrogens (tertiary/aromatic N) is 1. The zero-order valence-electron chi connectivity index (χ0n) is 36.5. The largest absolute Gasteiger partial charge is 0.311 e. The molecule has 65 heavy (non-hydrogen) atoms. The van der Waals surface area contributed by atoms with Crippen LogP contribution in [0, 0.1) is 0 Å². The van der Waals surface area contributed by atoms with Gasteiger partial charge in [-0.3, -0.25) is 0 Å². The molecule has 9 aromatic carbocycles. The quantitative estimate of drug-likeness (QED) is 0.155. The topological polar surface area (TPSA) is 3.24 Å². The molecule has 3 aliphatic carbocycles. The first-order valence-electron chi connectivity index (χ1n) is 22.9. The molecule has 0 heterocycles. The molecule has 0 amide bonds. The third-order valence-corrected chi connectivity index (χ3v) is 13.8. The maximum absolute atomic E-state index is 2.52. The third-order valence-electron chi connectivity index (χ3n) is 13.8. The van der Waals surface area contributed by atoms with Crippen LogP contribution < -0.4 is 4.90 Å². The van der Waals surface area contributed by atoms with Crippen LogP contribution in [-0.4, -0.2) is 0 Å². The minimum atomic E-state index is 0.896. The summed E-state index contributed by atoms with van der Waals surface area (Å²) in [6, 6.07) is 80.1. The lowest BCUT2D eigenvalue weighted by Gasteiger charge is -2.26. The van der Waals surface area contributed by atoms with E-state index in [9.17, 15) is 0 Å². The van der Waals surface area contributed by atoms with Crippen LogP contribution in [0.4, 0.5) is 17.1 Å². The van der Waals surface area contributed by atoms with Crippen molar-refractivity contribution in [1.29, 1.82) is 0 Å². The van der Waals surface area contributed by atoms with E-state index in [1.165, 1.54) is 106 Å². The summed E-state index contributed by atoms with van der Waals surface area (Å²) in [4.78, 5) is 2.38. The molecule has 1 nitrogen and oxygen atoms in total. The Morgan fingerprint density at radius 2 is 0.815 bits per heavy atom. The van der Waals surface area contributed by atoms with Gasteiger partial charge in [0.25, 0.3) is 0 Å². The number of rotatable bonds is 7. The molecule has 0 spiro atoms. The maximum Gasteiger partial charge on any atom is 0.0462 e. The molecular formula is C64H47N. The third kappa shape index (κ3) is 7.16. The van der Waals surface area contributed by atoms with E-state index in [2.05, 4.69) is 242 Å². The number of benzene rings is 9. The average molecular weight is 830 g/mol. The van der Waals surface area contributed by atoms with Crippen LogP contribution in [-0.2, 0) is 19.3 Å². The van der Waals surface area contributed by atoms with Crippen LogP contribution in [0.15, 0.2) is 236 Å². The van der Waals surface area contributed by atoms with E-state index in [1.807, 2.05) is 0 Å². The van der Waals surface area contributed by atoms with Gasteiger partial charge >= 0.3 is 0 Å². The fraction of sp³-hybridized carbons (Fsp3) is 0.0625. The highest BCUT2D eigenvalue weighted by Gasteiger charge is 2.31. The summed E-state index contributed by atoms with van der Waals surface area (Å²) >= 11 is 0. The minimum absolute atomic E-state index is 0.896. The van der Waals surface area contributed by atoms with Crippen molar-refractivity contribution < 1.29 is 0 Å². The van der Waals surface area contributed by atoms with Crippen LogP contribution in [0.25, 0.3) is 61.7 Å². The van der Waals surface area contributed by atoms with Gasteiger partial charge in [-0.25, -0.2) is 0 Å². The minimum Gasteiger partial charge on any atom is -0.311 e. The summed E-state index contributed by atoms with van der Waals surface area (Å²) in [6.45, 7) is 2.33. The molecule has 308 valence electrons. The van der Waals surface area contributed by atoms with Gasteiger partial charge in [0.15, 0.2) is 0 Å². The van der Waals surface area contributed by atoms with E-state index in [0.717, 1.165) is 36.3 Å². The van der Waals surface area contributed by atoms with Gasteiger partial charge in [0.1, 0.15) is 0 Å². The summed E-state index contributed by atoms with van der Waals surface area (Å²) in [6.07, 6.45) is 7.82. The number of anilines is 3. The summed E-state index contributed by atoms with van der Waals surface area (Å²) in [7, 11) is 0. The molecule has 9 aromatic rings. The highest BCUT2D eigenvalue weighted by atomic mass is 15.1. The van der Waals surface area contributed by atoms with Crippen LogP contribution in [0.3, 0.4) is 0 Å². The second-order valence-electron chi connectivity index (χ2n) is 17.7. The van der Waals surface area contributed by atoms with Gasteiger partial charge in [-0.2, -0.15) is 0 Å². The van der Waals surface area contributed by atoms with E-state index < -0.39 is 0 Å². The van der Waals surface area contributed by atoms with Crippen molar-refractivity contribution in [2.45, 2.75) is 26.2 Å². The summed E-state index contributed by atoms with van der Waals surface area (Å²) < 4.78 is 0. The standard InChI is InChI=1S/C64H47N/c1-43-38-51-16-8-9-17-52(51)40-62-55(39-54-30-37-60-59-19-11-10-18-53(59)41-63(60)64(54)62)42-61(43)50-28-35-58(36-29-50)65(56-31-24-48(25-32-56)45-14-6-3-7-15-45)57-33-26-49(27-34-57)47-22-20-46(21-23-47)44-12-4-2-5-13-44/h2-37,40,42H,38-39,41H2,1H3/b55-42-,61-43-,62-40-. The second-order valence-corrected chi connectivity index (χ2v) is 17.7. The van der Waals surface area contributed by atoms with Crippen LogP contribution in [0.2, 0.25) is 0 Å². The molecule has 0 saturated heterocycles. The Labute approximate surface area is 382 Å². The van der Waals surface area contributed by atoms with Crippen molar-refractivity contribution in [2.24, 2.45) is 0 Å². The molecule has 1 heteroatoms. The number of hydrogen-bond donors (Lipinski definition) is 0. The molecule has 0 fully saturated rings. The molecule has 0 radical (unpaired) electrons. The molecule has 0 atom stereocenters. The van der Waals surface area contributed by atoms with Gasteiger partial charge < -0.3 is 4.90 Å². The highest BCUT2D eigenvalue weighted by molar-refractivity contribution is 6.02. The summed E-state index contributed by atoms with van der Waals surface area (Å²) in [5.41, 5.74) is 28.5. The lowest BCUT2D eigenvalue weighted by molar-refractivity contribution is 1.14. The molecule has 12 rings (SSSR count). The summed E-state index contributed by atoms with van der Waals surface area (Å²) in [5.74, 6) is 0. The fourth-order valence-corrected chi connectivity index (χ4v) is 10.5. The molecule has 3 aliphatic rings. The molecule has 0 aromatic heterocycles. The van der Waals surface area contributed by atoms with Gasteiger partial charge in [0.2, 0.25) is 0 Å². The molecule has 0 saturated carbocycles. The van der Waals surface area contributed by atoms with E-state index in [1.54, 1.807) is 0 Å². The molecule has 0 unspecified atom stereocenters. The number of fused-ring (bicyclic) bond motifs is 8. The van der Waals surface area contributed by atoms with E-state index in [-0.39, 0.29) is 0 Å². The number of allylic oxidation sites excluding steroid dienone is 5. The Morgan fingerprint density at radius 1 is 0.338 bits per heavy atom. The Kier molecular flexibility index (Phi) is 9.68. The molecule has 0 N–H and O–H groups in total. The highest BCUT2D eigenvalue weighted by Crippen LogP contribution is 2.49.